The minimum atomic E-state index is -0.441. The highest BCUT2D eigenvalue weighted by Gasteiger charge is 2.23. The molecule has 2 amide bonds. The summed E-state index contributed by atoms with van der Waals surface area (Å²) in [6.07, 6.45) is 0. The standard InChI is InChI=1S/C22H27N3O4/c1-3-28-18-11-9-17(10-12-18)24-13-15-25(16-14-24)22(27)23-20-8-6-5-7-19(20)21(26)29-4-2/h5-12H,3-4,13-16H2,1-2H3,(H,23,27). The summed E-state index contributed by atoms with van der Waals surface area (Å²) in [7, 11) is 0. The summed E-state index contributed by atoms with van der Waals surface area (Å²) in [6.45, 7) is 7.32. The number of carbonyl (C=O) groups excluding carboxylic acids is 2. The Hall–Kier alpha value is -3.22. The third-order valence-corrected chi connectivity index (χ3v) is 4.74. The maximum absolute atomic E-state index is 12.7. The van der Waals surface area contributed by atoms with E-state index in [1.54, 1.807) is 36.1 Å². The largest absolute Gasteiger partial charge is 0.494 e. The van der Waals surface area contributed by atoms with Gasteiger partial charge in [0.05, 0.1) is 24.5 Å². The van der Waals surface area contributed by atoms with Crippen molar-refractivity contribution in [3.63, 3.8) is 0 Å². The van der Waals surface area contributed by atoms with Gasteiger partial charge >= 0.3 is 12.0 Å². The van der Waals surface area contributed by atoms with Gasteiger partial charge in [0, 0.05) is 31.9 Å². The van der Waals surface area contributed by atoms with Gasteiger partial charge in [0.15, 0.2) is 0 Å². The summed E-state index contributed by atoms with van der Waals surface area (Å²) in [5.41, 5.74) is 1.93. The van der Waals surface area contributed by atoms with Crippen molar-refractivity contribution >= 4 is 23.4 Å². The van der Waals surface area contributed by atoms with E-state index in [0.717, 1.165) is 24.5 Å². The lowest BCUT2D eigenvalue weighted by Gasteiger charge is -2.36. The minimum absolute atomic E-state index is 0.215. The van der Waals surface area contributed by atoms with E-state index in [9.17, 15) is 9.59 Å². The quantitative estimate of drug-likeness (QED) is 0.754. The Kier molecular flexibility index (Phi) is 6.94. The summed E-state index contributed by atoms with van der Waals surface area (Å²) < 4.78 is 10.5. The lowest BCUT2D eigenvalue weighted by Crippen LogP contribution is -2.50. The molecule has 2 aromatic rings. The van der Waals surface area contributed by atoms with Gasteiger partial charge in [0.2, 0.25) is 0 Å². The Bertz CT molecular complexity index is 830. The van der Waals surface area contributed by atoms with Gasteiger partial charge in [-0.05, 0) is 50.2 Å². The van der Waals surface area contributed by atoms with Gasteiger partial charge in [0.1, 0.15) is 5.75 Å². The highest BCUT2D eigenvalue weighted by molar-refractivity contribution is 6.00. The van der Waals surface area contributed by atoms with Crippen LogP contribution < -0.4 is 15.0 Å². The summed E-state index contributed by atoms with van der Waals surface area (Å²) in [5.74, 6) is 0.415. The number of para-hydroxylation sites is 1. The SMILES string of the molecule is CCOC(=O)c1ccccc1NC(=O)N1CCN(c2ccc(OCC)cc2)CC1. The molecular weight excluding hydrogens is 370 g/mol. The Labute approximate surface area is 171 Å². The molecule has 154 valence electrons. The molecular formula is C22H27N3O4. The van der Waals surface area contributed by atoms with Gasteiger partial charge in [-0.15, -0.1) is 0 Å². The van der Waals surface area contributed by atoms with Gasteiger partial charge in [-0.25, -0.2) is 9.59 Å². The van der Waals surface area contributed by atoms with E-state index in [4.69, 9.17) is 9.47 Å². The Morgan fingerprint density at radius 2 is 1.62 bits per heavy atom. The molecule has 1 aliphatic rings. The first-order valence-corrected chi connectivity index (χ1v) is 9.92. The average molecular weight is 397 g/mol. The molecule has 0 saturated carbocycles. The van der Waals surface area contributed by atoms with Crippen molar-refractivity contribution in [3.8, 4) is 5.75 Å². The molecule has 1 N–H and O–H groups in total. The fourth-order valence-corrected chi connectivity index (χ4v) is 3.26. The van der Waals surface area contributed by atoms with Crippen LogP contribution in [0.5, 0.6) is 5.75 Å². The first kappa shape index (κ1) is 20.5. The van der Waals surface area contributed by atoms with Gasteiger partial charge in [-0.3, -0.25) is 0 Å². The van der Waals surface area contributed by atoms with Crippen LogP contribution in [0, 0.1) is 0 Å². The molecule has 3 rings (SSSR count). The number of amides is 2. The van der Waals surface area contributed by atoms with E-state index in [2.05, 4.69) is 10.2 Å². The molecule has 2 aromatic carbocycles. The normalized spacial score (nSPS) is 13.7. The number of rotatable bonds is 6. The lowest BCUT2D eigenvalue weighted by molar-refractivity contribution is 0.0527. The molecule has 0 aliphatic carbocycles. The van der Waals surface area contributed by atoms with Crippen molar-refractivity contribution < 1.29 is 19.1 Å². The van der Waals surface area contributed by atoms with Crippen LogP contribution in [0.25, 0.3) is 0 Å². The van der Waals surface area contributed by atoms with E-state index >= 15 is 0 Å². The summed E-state index contributed by atoms with van der Waals surface area (Å²) in [6, 6.07) is 14.7. The number of hydrogen-bond donors (Lipinski definition) is 1. The fourth-order valence-electron chi connectivity index (χ4n) is 3.26. The van der Waals surface area contributed by atoms with Gasteiger partial charge in [0.25, 0.3) is 0 Å². The summed E-state index contributed by atoms with van der Waals surface area (Å²) in [5, 5.41) is 2.85. The van der Waals surface area contributed by atoms with Crippen molar-refractivity contribution in [3.05, 3.63) is 54.1 Å². The van der Waals surface area contributed by atoms with Gasteiger partial charge in [-0.1, -0.05) is 12.1 Å². The molecule has 1 fully saturated rings. The van der Waals surface area contributed by atoms with E-state index in [1.807, 2.05) is 31.2 Å². The predicted molar refractivity (Wildman–Crippen MR) is 113 cm³/mol. The van der Waals surface area contributed by atoms with Crippen molar-refractivity contribution in [1.29, 1.82) is 0 Å². The van der Waals surface area contributed by atoms with E-state index < -0.39 is 5.97 Å². The fraction of sp³-hybridized carbons (Fsp3) is 0.364. The number of urea groups is 1. The van der Waals surface area contributed by atoms with E-state index in [0.29, 0.717) is 30.9 Å². The molecule has 7 nitrogen and oxygen atoms in total. The second-order valence-corrected chi connectivity index (χ2v) is 6.60. The first-order valence-electron chi connectivity index (χ1n) is 9.92. The van der Waals surface area contributed by atoms with Crippen LogP contribution in [-0.2, 0) is 4.74 Å². The van der Waals surface area contributed by atoms with Crippen molar-refractivity contribution in [1.82, 2.24) is 4.90 Å². The second-order valence-electron chi connectivity index (χ2n) is 6.60. The predicted octanol–water partition coefficient (Wildman–Crippen LogP) is 3.62. The third-order valence-electron chi connectivity index (χ3n) is 4.74. The zero-order chi connectivity index (χ0) is 20.6. The van der Waals surface area contributed by atoms with Crippen LogP contribution in [0.1, 0.15) is 24.2 Å². The number of ether oxygens (including phenoxy) is 2. The number of nitrogens with one attached hydrogen (secondary N) is 1. The zero-order valence-electron chi connectivity index (χ0n) is 16.9. The molecule has 1 aliphatic heterocycles. The number of nitrogens with zero attached hydrogens (tertiary/aromatic N) is 2. The number of piperazine rings is 1. The molecule has 0 spiro atoms. The Balaban J connectivity index is 1.57. The zero-order valence-corrected chi connectivity index (χ0v) is 16.9. The van der Waals surface area contributed by atoms with Crippen molar-refractivity contribution in [2.24, 2.45) is 0 Å². The topological polar surface area (TPSA) is 71.1 Å². The van der Waals surface area contributed by atoms with Gasteiger partial charge in [-0.2, -0.15) is 0 Å². The Morgan fingerprint density at radius 1 is 0.931 bits per heavy atom. The van der Waals surface area contributed by atoms with Crippen LogP contribution in [0.4, 0.5) is 16.2 Å². The lowest BCUT2D eigenvalue weighted by atomic mass is 10.2. The molecule has 1 saturated heterocycles. The van der Waals surface area contributed by atoms with Crippen LogP contribution >= 0.6 is 0 Å². The number of carbonyl (C=O) groups is 2. The molecule has 0 aromatic heterocycles. The number of anilines is 2. The van der Waals surface area contributed by atoms with Crippen molar-refractivity contribution in [2.75, 3.05) is 49.6 Å². The number of benzene rings is 2. The molecule has 0 unspecified atom stereocenters. The van der Waals surface area contributed by atoms with Crippen LogP contribution in [-0.4, -0.2) is 56.3 Å². The molecule has 0 radical (unpaired) electrons. The third kappa shape index (κ3) is 5.19. The van der Waals surface area contributed by atoms with Gasteiger partial charge < -0.3 is 24.6 Å². The van der Waals surface area contributed by atoms with E-state index in [-0.39, 0.29) is 12.6 Å². The maximum Gasteiger partial charge on any atom is 0.340 e. The smallest absolute Gasteiger partial charge is 0.340 e. The Morgan fingerprint density at radius 3 is 2.28 bits per heavy atom. The second kappa shape index (κ2) is 9.82. The molecule has 0 atom stereocenters. The van der Waals surface area contributed by atoms with Crippen LogP contribution in [0.3, 0.4) is 0 Å². The van der Waals surface area contributed by atoms with Crippen molar-refractivity contribution in [2.45, 2.75) is 13.8 Å². The number of hydrogen-bond acceptors (Lipinski definition) is 5. The van der Waals surface area contributed by atoms with Crippen LogP contribution in [0.2, 0.25) is 0 Å². The number of esters is 1. The summed E-state index contributed by atoms with van der Waals surface area (Å²) in [4.78, 5) is 28.8. The van der Waals surface area contributed by atoms with E-state index in [1.165, 1.54) is 0 Å². The molecule has 7 heteroatoms. The molecule has 0 bridgehead atoms. The average Bonchev–Trinajstić information content (AvgIpc) is 2.75. The molecule has 29 heavy (non-hydrogen) atoms. The highest BCUT2D eigenvalue weighted by Crippen LogP contribution is 2.22. The maximum atomic E-state index is 12.7. The molecule has 1 heterocycles. The monoisotopic (exact) mass is 397 g/mol. The highest BCUT2D eigenvalue weighted by atomic mass is 16.5. The minimum Gasteiger partial charge on any atom is -0.494 e. The first-order chi connectivity index (χ1) is 14.1. The summed E-state index contributed by atoms with van der Waals surface area (Å²) >= 11 is 0. The van der Waals surface area contributed by atoms with Crippen LogP contribution in [0.15, 0.2) is 48.5 Å².